The number of amides is 1. The Bertz CT molecular complexity index is 134. The summed E-state index contributed by atoms with van der Waals surface area (Å²) in [6.45, 7) is 1.52. The Morgan fingerprint density at radius 1 is 1.64 bits per heavy atom. The summed E-state index contributed by atoms with van der Waals surface area (Å²) in [6, 6.07) is 0. The highest BCUT2D eigenvalue weighted by molar-refractivity contribution is 14.1. The lowest BCUT2D eigenvalue weighted by molar-refractivity contribution is 0.0190. The zero-order valence-electron chi connectivity index (χ0n) is 6.31. The molecule has 1 fully saturated rings. The number of rotatable bonds is 2. The lowest BCUT2D eigenvalue weighted by Gasteiger charge is -2.22. The second-order valence-corrected chi connectivity index (χ2v) is 3.62. The molecule has 0 radical (unpaired) electrons. The summed E-state index contributed by atoms with van der Waals surface area (Å²) in [4.78, 5) is 10.5. The maximum absolute atomic E-state index is 10.5. The lowest BCUT2D eigenvalue weighted by Crippen LogP contribution is -2.32. The number of carbonyl (C=O) groups excluding carboxylic acids is 1. The van der Waals surface area contributed by atoms with Crippen LogP contribution in [0.5, 0.6) is 0 Å². The van der Waals surface area contributed by atoms with Crippen LogP contribution >= 0.6 is 22.6 Å². The van der Waals surface area contributed by atoms with Gasteiger partial charge in [0.15, 0.2) is 0 Å². The van der Waals surface area contributed by atoms with E-state index in [2.05, 4.69) is 5.32 Å². The summed E-state index contributed by atoms with van der Waals surface area (Å²) in [5.74, 6) is 0. The minimum Gasteiger partial charge on any atom is -0.376 e. The Morgan fingerprint density at radius 2 is 2.45 bits per heavy atom. The summed E-state index contributed by atoms with van der Waals surface area (Å²) in [6.07, 6.45) is 3.72. The van der Waals surface area contributed by atoms with Crippen molar-refractivity contribution in [2.45, 2.75) is 25.4 Å². The number of hydrogen-bond acceptors (Lipinski definition) is 2. The number of hydrogen-bond donors (Lipinski definition) is 1. The normalized spacial score (nSPS) is 24.6. The number of ether oxygens (including phenoxy) is 1. The van der Waals surface area contributed by atoms with Crippen molar-refractivity contribution in [3.8, 4) is 0 Å². The van der Waals surface area contributed by atoms with Gasteiger partial charge in [-0.2, -0.15) is 0 Å². The fraction of sp³-hybridized carbons (Fsp3) is 0.857. The maximum atomic E-state index is 10.5. The largest absolute Gasteiger partial charge is 0.376 e. The first kappa shape index (κ1) is 9.25. The van der Waals surface area contributed by atoms with Crippen LogP contribution in [0.2, 0.25) is 0 Å². The third kappa shape index (κ3) is 3.91. The Kier molecular flexibility index (Phi) is 4.14. The molecule has 1 aliphatic rings. The minimum atomic E-state index is -0.00299. The predicted molar refractivity (Wildman–Crippen MR) is 51.0 cm³/mol. The standard InChI is InChI=1S/C7H12INO2/c8-7(10)9-5-6-3-1-2-4-11-6/h6H,1-5H2,(H,9,10). The van der Waals surface area contributed by atoms with E-state index in [-0.39, 0.29) is 10.0 Å². The smallest absolute Gasteiger partial charge is 0.280 e. The third-order valence-corrected chi connectivity index (χ3v) is 2.12. The molecule has 1 N–H and O–H groups in total. The number of nitrogens with one attached hydrogen (secondary N) is 1. The zero-order valence-corrected chi connectivity index (χ0v) is 8.46. The van der Waals surface area contributed by atoms with E-state index in [1.165, 1.54) is 6.42 Å². The third-order valence-electron chi connectivity index (χ3n) is 1.74. The molecule has 1 heterocycles. The second-order valence-electron chi connectivity index (χ2n) is 2.64. The summed E-state index contributed by atoms with van der Waals surface area (Å²) in [5.41, 5.74) is 0. The van der Waals surface area contributed by atoms with E-state index in [0.717, 1.165) is 19.4 Å². The predicted octanol–water partition coefficient (Wildman–Crippen LogP) is 1.70. The average molecular weight is 269 g/mol. The van der Waals surface area contributed by atoms with Crippen LogP contribution in [0.1, 0.15) is 19.3 Å². The fourth-order valence-corrected chi connectivity index (χ4v) is 1.38. The van der Waals surface area contributed by atoms with Crippen molar-refractivity contribution in [3.05, 3.63) is 0 Å². The fourth-order valence-electron chi connectivity index (χ4n) is 1.16. The van der Waals surface area contributed by atoms with Gasteiger partial charge < -0.3 is 10.1 Å². The monoisotopic (exact) mass is 269 g/mol. The highest BCUT2D eigenvalue weighted by Crippen LogP contribution is 2.11. The van der Waals surface area contributed by atoms with Crippen molar-refractivity contribution >= 4 is 26.5 Å². The second kappa shape index (κ2) is 4.92. The van der Waals surface area contributed by atoms with Gasteiger partial charge in [-0.1, -0.05) is 0 Å². The van der Waals surface area contributed by atoms with Crippen LogP contribution < -0.4 is 5.32 Å². The topological polar surface area (TPSA) is 38.3 Å². The van der Waals surface area contributed by atoms with Gasteiger partial charge in [-0.15, -0.1) is 0 Å². The quantitative estimate of drug-likeness (QED) is 0.470. The van der Waals surface area contributed by atoms with Gasteiger partial charge in [0.1, 0.15) is 0 Å². The van der Waals surface area contributed by atoms with Crippen molar-refractivity contribution < 1.29 is 9.53 Å². The Balaban J connectivity index is 2.09. The van der Waals surface area contributed by atoms with E-state index in [9.17, 15) is 4.79 Å². The van der Waals surface area contributed by atoms with Gasteiger partial charge >= 0.3 is 0 Å². The Morgan fingerprint density at radius 3 is 3.00 bits per heavy atom. The van der Waals surface area contributed by atoms with Gasteiger partial charge in [0.05, 0.1) is 6.10 Å². The van der Waals surface area contributed by atoms with Crippen molar-refractivity contribution in [1.29, 1.82) is 0 Å². The molecule has 1 amide bonds. The Hall–Kier alpha value is 0.160. The van der Waals surface area contributed by atoms with Gasteiger partial charge in [-0.3, -0.25) is 4.79 Å². The van der Waals surface area contributed by atoms with Gasteiger partial charge in [0.25, 0.3) is 3.91 Å². The van der Waals surface area contributed by atoms with Crippen LogP contribution in [0.25, 0.3) is 0 Å². The molecule has 0 spiro atoms. The van der Waals surface area contributed by atoms with E-state index in [0.29, 0.717) is 6.54 Å². The SMILES string of the molecule is O=C(I)NCC1CCCCO1. The van der Waals surface area contributed by atoms with Crippen molar-refractivity contribution in [3.63, 3.8) is 0 Å². The molecule has 0 aromatic carbocycles. The molecular weight excluding hydrogens is 257 g/mol. The first-order valence-corrected chi connectivity index (χ1v) is 4.92. The zero-order chi connectivity index (χ0) is 8.10. The van der Waals surface area contributed by atoms with Crippen LogP contribution in [0.15, 0.2) is 0 Å². The first-order valence-electron chi connectivity index (χ1n) is 3.84. The molecule has 1 unspecified atom stereocenters. The van der Waals surface area contributed by atoms with E-state index in [4.69, 9.17) is 4.74 Å². The van der Waals surface area contributed by atoms with Crippen LogP contribution in [0, 0.1) is 0 Å². The molecule has 1 aliphatic heterocycles. The Labute approximate surface area is 80.0 Å². The van der Waals surface area contributed by atoms with Crippen molar-refractivity contribution in [2.24, 2.45) is 0 Å². The number of halogens is 1. The maximum Gasteiger partial charge on any atom is 0.280 e. The summed E-state index contributed by atoms with van der Waals surface area (Å²) >= 11 is 1.73. The highest BCUT2D eigenvalue weighted by atomic mass is 127. The summed E-state index contributed by atoms with van der Waals surface area (Å²) in [5, 5.41) is 2.74. The van der Waals surface area contributed by atoms with Crippen LogP contribution in [-0.4, -0.2) is 23.2 Å². The van der Waals surface area contributed by atoms with Gasteiger partial charge in [0, 0.05) is 35.7 Å². The first-order chi connectivity index (χ1) is 5.29. The minimum absolute atomic E-state index is 0.00299. The van der Waals surface area contributed by atoms with E-state index in [1.807, 2.05) is 0 Å². The van der Waals surface area contributed by atoms with Gasteiger partial charge in [-0.25, -0.2) is 0 Å². The summed E-state index contributed by atoms with van der Waals surface area (Å²) in [7, 11) is 0. The van der Waals surface area contributed by atoms with Crippen molar-refractivity contribution in [2.75, 3.05) is 13.2 Å². The van der Waals surface area contributed by atoms with Crippen LogP contribution in [0.4, 0.5) is 4.79 Å². The van der Waals surface area contributed by atoms with E-state index in [1.54, 1.807) is 22.6 Å². The molecule has 0 aromatic rings. The van der Waals surface area contributed by atoms with E-state index < -0.39 is 0 Å². The molecule has 4 heteroatoms. The average Bonchev–Trinajstić information content (AvgIpc) is 2.03. The van der Waals surface area contributed by atoms with Crippen LogP contribution in [-0.2, 0) is 4.74 Å². The highest BCUT2D eigenvalue weighted by Gasteiger charge is 2.13. The lowest BCUT2D eigenvalue weighted by atomic mass is 10.1. The molecule has 64 valence electrons. The molecule has 0 saturated carbocycles. The van der Waals surface area contributed by atoms with Crippen LogP contribution in [0.3, 0.4) is 0 Å². The molecule has 1 saturated heterocycles. The summed E-state index contributed by atoms with van der Waals surface area (Å²) < 4.78 is 5.41. The molecule has 0 aliphatic carbocycles. The number of carbonyl (C=O) groups is 1. The molecule has 0 bridgehead atoms. The molecule has 1 rings (SSSR count). The molecule has 1 atom stereocenters. The molecule has 3 nitrogen and oxygen atoms in total. The molecule has 11 heavy (non-hydrogen) atoms. The van der Waals surface area contributed by atoms with E-state index >= 15 is 0 Å². The van der Waals surface area contributed by atoms with Crippen molar-refractivity contribution in [1.82, 2.24) is 5.32 Å². The van der Waals surface area contributed by atoms with Gasteiger partial charge in [0.2, 0.25) is 0 Å². The molecular formula is C7H12INO2. The molecule has 0 aromatic heterocycles. The van der Waals surface area contributed by atoms with Gasteiger partial charge in [-0.05, 0) is 19.3 Å².